The molecule has 5 nitrogen and oxygen atoms in total. The molecule has 0 aliphatic heterocycles. The second kappa shape index (κ2) is 21.5. The number of rotatable bonds is 10. The van der Waals surface area contributed by atoms with Gasteiger partial charge < -0.3 is 15.5 Å². The average molecular weight is 419 g/mol. The van der Waals surface area contributed by atoms with E-state index in [1.165, 1.54) is 0 Å². The zero-order valence-corrected chi connectivity index (χ0v) is 19.1. The summed E-state index contributed by atoms with van der Waals surface area (Å²) in [5, 5.41) is 19.7. The Morgan fingerprint density at radius 2 is 1.78 bits per heavy atom. The fourth-order valence-corrected chi connectivity index (χ4v) is 3.35. The van der Waals surface area contributed by atoms with Gasteiger partial charge in [-0.25, -0.2) is 4.98 Å². The minimum Gasteiger partial charge on any atom is -0.397 e. The summed E-state index contributed by atoms with van der Waals surface area (Å²) in [4.78, 5) is 15.7. The van der Waals surface area contributed by atoms with Crippen LogP contribution in [0.4, 0.5) is 0 Å². The summed E-state index contributed by atoms with van der Waals surface area (Å²) in [5.41, 5.74) is 0. The Hall–Kier alpha value is -0.760. The number of hydrogen-bond acceptors (Lipinski definition) is 6. The van der Waals surface area contributed by atoms with Gasteiger partial charge in [-0.15, -0.1) is 0 Å². The van der Waals surface area contributed by atoms with E-state index in [9.17, 15) is 4.79 Å². The Morgan fingerprint density at radius 1 is 1.15 bits per heavy atom. The average Bonchev–Trinajstić information content (AvgIpc) is 2.60. The molecule has 0 atom stereocenters. The third kappa shape index (κ3) is 25.2. The Morgan fingerprint density at radius 3 is 2.22 bits per heavy atom. The second-order valence-electron chi connectivity index (χ2n) is 6.58. The van der Waals surface area contributed by atoms with E-state index in [-0.39, 0.29) is 12.5 Å². The van der Waals surface area contributed by atoms with Gasteiger partial charge in [0.25, 0.3) is 0 Å². The smallest absolute Gasteiger partial charge is 0.220 e. The maximum atomic E-state index is 11.5. The normalized spacial score (nSPS) is 9.96. The molecule has 158 valence electrons. The Balaban J connectivity index is 0. The lowest BCUT2D eigenvalue weighted by Crippen LogP contribution is -2.25. The summed E-state index contributed by atoms with van der Waals surface area (Å²) < 4.78 is 0. The van der Waals surface area contributed by atoms with Crippen LogP contribution in [0.1, 0.15) is 53.9 Å². The molecule has 0 saturated heterocycles. The van der Waals surface area contributed by atoms with Gasteiger partial charge in [-0.1, -0.05) is 44.6 Å². The number of hydrogen-bond donors (Lipinski definition) is 3. The summed E-state index contributed by atoms with van der Waals surface area (Å²) in [6.07, 6.45) is 4.33. The SMILES string of the molecule is CC(C)CCNC(=O)CCSSc1ccccn1.CC(C)CCO.CCO. The van der Waals surface area contributed by atoms with Gasteiger partial charge in [0.15, 0.2) is 0 Å². The largest absolute Gasteiger partial charge is 0.397 e. The van der Waals surface area contributed by atoms with Crippen molar-refractivity contribution >= 4 is 27.5 Å². The zero-order chi connectivity index (χ0) is 20.9. The molecule has 1 rings (SSSR count). The van der Waals surface area contributed by atoms with E-state index in [0.717, 1.165) is 30.2 Å². The Bertz CT molecular complexity index is 432. The lowest BCUT2D eigenvalue weighted by molar-refractivity contribution is -0.120. The van der Waals surface area contributed by atoms with Gasteiger partial charge in [-0.05, 0) is 54.5 Å². The molecular formula is C20H38N2O3S2. The first kappa shape index (κ1) is 28.4. The van der Waals surface area contributed by atoms with Crippen molar-refractivity contribution in [3.63, 3.8) is 0 Å². The minimum atomic E-state index is 0.143. The van der Waals surface area contributed by atoms with Gasteiger partial charge >= 0.3 is 0 Å². The topological polar surface area (TPSA) is 82.5 Å². The van der Waals surface area contributed by atoms with Gasteiger partial charge in [-0.3, -0.25) is 4.79 Å². The number of aliphatic hydroxyl groups excluding tert-OH is 2. The highest BCUT2D eigenvalue weighted by molar-refractivity contribution is 8.76. The summed E-state index contributed by atoms with van der Waals surface area (Å²) in [7, 11) is 3.28. The van der Waals surface area contributed by atoms with E-state index in [1.54, 1.807) is 34.7 Å². The van der Waals surface area contributed by atoms with Crippen molar-refractivity contribution in [3.8, 4) is 0 Å². The molecule has 0 fully saturated rings. The second-order valence-corrected chi connectivity index (χ2v) is 9.01. The van der Waals surface area contributed by atoms with Gasteiger partial charge in [0.1, 0.15) is 5.03 Å². The summed E-state index contributed by atoms with van der Waals surface area (Å²) >= 11 is 0. The van der Waals surface area contributed by atoms with Gasteiger partial charge in [0.2, 0.25) is 5.91 Å². The molecule has 0 aliphatic rings. The van der Waals surface area contributed by atoms with Crippen molar-refractivity contribution in [3.05, 3.63) is 24.4 Å². The number of aliphatic hydroxyl groups is 2. The third-order valence-electron chi connectivity index (χ3n) is 2.94. The zero-order valence-electron chi connectivity index (χ0n) is 17.5. The van der Waals surface area contributed by atoms with E-state index in [4.69, 9.17) is 10.2 Å². The molecule has 1 aromatic heterocycles. The van der Waals surface area contributed by atoms with Crippen LogP contribution in [0.5, 0.6) is 0 Å². The fraction of sp³-hybridized carbons (Fsp3) is 0.700. The van der Waals surface area contributed by atoms with E-state index in [1.807, 2.05) is 18.2 Å². The molecule has 0 saturated carbocycles. The monoisotopic (exact) mass is 418 g/mol. The molecule has 1 heterocycles. The van der Waals surface area contributed by atoms with E-state index in [0.29, 0.717) is 24.9 Å². The van der Waals surface area contributed by atoms with Crippen molar-refractivity contribution in [2.45, 2.75) is 58.9 Å². The number of aromatic nitrogens is 1. The van der Waals surface area contributed by atoms with Gasteiger partial charge in [-0.2, -0.15) is 0 Å². The van der Waals surface area contributed by atoms with E-state index >= 15 is 0 Å². The molecule has 0 unspecified atom stereocenters. The summed E-state index contributed by atoms with van der Waals surface area (Å²) in [5.74, 6) is 2.24. The van der Waals surface area contributed by atoms with Crippen LogP contribution >= 0.6 is 21.6 Å². The molecule has 0 aromatic carbocycles. The summed E-state index contributed by atoms with van der Waals surface area (Å²) in [6.45, 7) is 11.6. The molecule has 0 aliphatic carbocycles. The van der Waals surface area contributed by atoms with Gasteiger partial charge in [0, 0.05) is 38.1 Å². The molecular weight excluding hydrogens is 380 g/mol. The van der Waals surface area contributed by atoms with Crippen molar-refractivity contribution < 1.29 is 15.0 Å². The molecule has 1 amide bonds. The number of amides is 1. The lowest BCUT2D eigenvalue weighted by Gasteiger charge is -2.06. The molecule has 1 aromatic rings. The fourth-order valence-electron chi connectivity index (χ4n) is 1.48. The highest BCUT2D eigenvalue weighted by Crippen LogP contribution is 2.29. The first-order valence-electron chi connectivity index (χ1n) is 9.56. The molecule has 0 spiro atoms. The number of nitrogens with zero attached hydrogens (tertiary/aromatic N) is 1. The van der Waals surface area contributed by atoms with Crippen LogP contribution in [0.3, 0.4) is 0 Å². The van der Waals surface area contributed by atoms with Crippen LogP contribution in [-0.4, -0.2) is 46.6 Å². The molecule has 27 heavy (non-hydrogen) atoms. The van der Waals surface area contributed by atoms with Gasteiger partial charge in [0.05, 0.1) is 0 Å². The summed E-state index contributed by atoms with van der Waals surface area (Å²) in [6, 6.07) is 5.84. The molecule has 0 radical (unpaired) electrons. The van der Waals surface area contributed by atoms with E-state index in [2.05, 4.69) is 38.0 Å². The van der Waals surface area contributed by atoms with Crippen LogP contribution in [0, 0.1) is 11.8 Å². The van der Waals surface area contributed by atoms with Crippen LogP contribution in [-0.2, 0) is 4.79 Å². The lowest BCUT2D eigenvalue weighted by atomic mass is 10.1. The van der Waals surface area contributed by atoms with Crippen LogP contribution in [0.25, 0.3) is 0 Å². The van der Waals surface area contributed by atoms with Crippen molar-refractivity contribution in [2.24, 2.45) is 11.8 Å². The number of carbonyl (C=O) groups excluding carboxylic acids is 1. The number of carbonyl (C=O) groups is 1. The molecule has 3 N–H and O–H groups in total. The predicted molar refractivity (Wildman–Crippen MR) is 119 cm³/mol. The first-order valence-corrected chi connectivity index (χ1v) is 11.9. The van der Waals surface area contributed by atoms with Crippen LogP contribution in [0.2, 0.25) is 0 Å². The highest BCUT2D eigenvalue weighted by atomic mass is 33.1. The minimum absolute atomic E-state index is 0.143. The standard InChI is InChI=1S/C13H20N2OS2.C5H12O.C2H6O/c1-11(2)6-9-14-12(16)7-10-17-18-13-5-3-4-8-15-13;1-5(2)3-4-6;1-2-3/h3-5,8,11H,6-7,9-10H2,1-2H3,(H,14,16);5-6H,3-4H2,1-2H3;3H,2H2,1H3. The number of nitrogens with one attached hydrogen (secondary N) is 1. The Labute approximate surface area is 173 Å². The van der Waals surface area contributed by atoms with Crippen LogP contribution < -0.4 is 5.32 Å². The van der Waals surface area contributed by atoms with E-state index < -0.39 is 0 Å². The quantitative estimate of drug-likeness (QED) is 0.386. The highest BCUT2D eigenvalue weighted by Gasteiger charge is 2.02. The molecule has 7 heteroatoms. The first-order chi connectivity index (χ1) is 12.9. The van der Waals surface area contributed by atoms with Crippen LogP contribution in [0.15, 0.2) is 29.4 Å². The maximum absolute atomic E-state index is 11.5. The Kier molecular flexibility index (Phi) is 22.7. The predicted octanol–water partition coefficient (Wildman–Crippen LogP) is 4.40. The van der Waals surface area contributed by atoms with Crippen molar-refractivity contribution in [2.75, 3.05) is 25.5 Å². The third-order valence-corrected chi connectivity index (χ3v) is 5.21. The number of pyridine rings is 1. The maximum Gasteiger partial charge on any atom is 0.220 e. The molecule has 0 bridgehead atoms. The van der Waals surface area contributed by atoms with Crippen molar-refractivity contribution in [1.82, 2.24) is 10.3 Å². The van der Waals surface area contributed by atoms with Crippen molar-refractivity contribution in [1.29, 1.82) is 0 Å².